The number of hydrogen-bond acceptors (Lipinski definition) is 3. The number of hydrogen-bond donors (Lipinski definition) is 1. The molecule has 1 aliphatic rings. The number of aromatic carboxylic acids is 1. The number of ether oxygens (including phenoxy) is 1. The highest BCUT2D eigenvalue weighted by atomic mass is 19.4. The Morgan fingerprint density at radius 1 is 0.953 bits per heavy atom. The van der Waals surface area contributed by atoms with Crippen LogP contribution in [0.15, 0.2) is 66.7 Å². The molecule has 5 rings (SSSR count). The topological polar surface area (TPSA) is 71.8 Å². The number of carboxylic acids is 1. The number of aryl methyl sites for hydroxylation is 1. The molecule has 4 aromatic rings. The second-order valence-electron chi connectivity index (χ2n) is 10.2. The summed E-state index contributed by atoms with van der Waals surface area (Å²) in [6.07, 6.45) is -2.46. The van der Waals surface area contributed by atoms with Crippen molar-refractivity contribution in [2.24, 2.45) is 0 Å². The van der Waals surface area contributed by atoms with Crippen molar-refractivity contribution in [2.75, 3.05) is 11.4 Å². The fourth-order valence-electron chi connectivity index (χ4n) is 5.18. The van der Waals surface area contributed by atoms with Gasteiger partial charge in [-0.1, -0.05) is 6.92 Å². The third-order valence-electron chi connectivity index (χ3n) is 7.35. The van der Waals surface area contributed by atoms with Gasteiger partial charge in [0.05, 0.1) is 16.8 Å². The zero-order valence-corrected chi connectivity index (χ0v) is 23.0. The smallest absolute Gasteiger partial charge is 0.416 e. The maximum Gasteiger partial charge on any atom is 0.416 e. The lowest BCUT2D eigenvalue weighted by Gasteiger charge is -2.28. The van der Waals surface area contributed by atoms with Crippen LogP contribution in [-0.2, 0) is 24.0 Å². The Hall–Kier alpha value is -4.67. The van der Waals surface area contributed by atoms with Crippen LogP contribution in [0.1, 0.15) is 53.4 Å². The predicted molar refractivity (Wildman–Crippen MR) is 149 cm³/mol. The van der Waals surface area contributed by atoms with Crippen molar-refractivity contribution >= 4 is 17.6 Å². The molecule has 224 valence electrons. The average molecular weight is 599 g/mol. The van der Waals surface area contributed by atoms with Crippen LogP contribution in [0, 0.1) is 11.6 Å². The second kappa shape index (κ2) is 11.9. The van der Waals surface area contributed by atoms with Gasteiger partial charge in [0, 0.05) is 47.2 Å². The Labute approximate surface area is 243 Å². The molecule has 0 radical (unpaired) electrons. The number of benzene rings is 3. The molecule has 11 heteroatoms. The maximum absolute atomic E-state index is 14.3. The van der Waals surface area contributed by atoms with Crippen molar-refractivity contribution in [3.63, 3.8) is 0 Å². The number of carbonyl (C=O) groups is 2. The van der Waals surface area contributed by atoms with E-state index in [4.69, 9.17) is 4.74 Å². The fraction of sp³-hybridized carbons (Fsp3) is 0.250. The lowest BCUT2D eigenvalue weighted by Crippen LogP contribution is -2.35. The van der Waals surface area contributed by atoms with Gasteiger partial charge in [-0.3, -0.25) is 4.79 Å². The van der Waals surface area contributed by atoms with Gasteiger partial charge in [0.2, 0.25) is 5.91 Å². The van der Waals surface area contributed by atoms with E-state index in [1.165, 1.54) is 23.1 Å². The van der Waals surface area contributed by atoms with E-state index in [1.807, 2.05) is 6.92 Å². The molecule has 0 aliphatic carbocycles. The van der Waals surface area contributed by atoms with Gasteiger partial charge in [-0.2, -0.15) is 13.2 Å². The first-order chi connectivity index (χ1) is 20.5. The van der Waals surface area contributed by atoms with E-state index in [2.05, 4.69) is 0 Å². The van der Waals surface area contributed by atoms with Crippen LogP contribution in [0.25, 0.3) is 16.9 Å². The van der Waals surface area contributed by atoms with Crippen LogP contribution in [0.5, 0.6) is 5.75 Å². The summed E-state index contributed by atoms with van der Waals surface area (Å²) in [7, 11) is 0. The molecule has 1 aliphatic heterocycles. The van der Waals surface area contributed by atoms with Crippen LogP contribution in [0.2, 0.25) is 0 Å². The van der Waals surface area contributed by atoms with Crippen LogP contribution in [-0.4, -0.2) is 28.1 Å². The Morgan fingerprint density at radius 2 is 1.72 bits per heavy atom. The Morgan fingerprint density at radius 3 is 2.40 bits per heavy atom. The number of alkyl halides is 3. The molecule has 0 saturated carbocycles. The Balaban J connectivity index is 1.67. The standard InChI is InChI=1S/C32H27F5N2O4/c1-2-23-9-10-28(39(23)25-14-20(31(41)42)13-24(17-25)38-12-4-3-5-30(38)40)26-15-21(32(35,36)37)7-11-29(26)43-18-19-6-8-22(33)16-27(19)34/h6-11,13-17H,2-5,12,18H2,1H3,(H,41,42). The molecule has 2 heterocycles. The Kier molecular flexibility index (Phi) is 8.25. The van der Waals surface area contributed by atoms with Crippen LogP contribution < -0.4 is 9.64 Å². The number of nitrogens with zero attached hydrogens (tertiary/aromatic N) is 2. The number of piperidine rings is 1. The molecule has 0 bridgehead atoms. The highest BCUT2D eigenvalue weighted by Gasteiger charge is 2.32. The fourth-order valence-corrected chi connectivity index (χ4v) is 5.18. The lowest BCUT2D eigenvalue weighted by molar-refractivity contribution is -0.137. The SMILES string of the molecule is CCc1ccc(-c2cc(C(F)(F)F)ccc2OCc2ccc(F)cc2F)n1-c1cc(C(=O)O)cc(N2CCCCC2=O)c1. The number of aromatic nitrogens is 1. The molecule has 1 N–H and O–H groups in total. The van der Waals surface area contributed by atoms with Crippen molar-refractivity contribution in [1.29, 1.82) is 0 Å². The van der Waals surface area contributed by atoms with Gasteiger partial charge in [0.25, 0.3) is 0 Å². The minimum atomic E-state index is -4.69. The molecular weight excluding hydrogens is 571 g/mol. The highest BCUT2D eigenvalue weighted by molar-refractivity contribution is 5.97. The third kappa shape index (κ3) is 6.25. The summed E-state index contributed by atoms with van der Waals surface area (Å²) in [6, 6.07) is 13.6. The second-order valence-corrected chi connectivity index (χ2v) is 10.2. The van der Waals surface area contributed by atoms with E-state index in [9.17, 15) is 36.6 Å². The largest absolute Gasteiger partial charge is 0.488 e. The van der Waals surface area contributed by atoms with E-state index in [-0.39, 0.29) is 40.6 Å². The van der Waals surface area contributed by atoms with Crippen molar-refractivity contribution in [2.45, 2.75) is 45.4 Å². The van der Waals surface area contributed by atoms with Gasteiger partial charge in [-0.05, 0) is 79.9 Å². The Bertz CT molecular complexity index is 1700. The lowest BCUT2D eigenvalue weighted by atomic mass is 10.0. The summed E-state index contributed by atoms with van der Waals surface area (Å²) in [4.78, 5) is 26.3. The number of carboxylic acid groups (broad SMARTS) is 1. The molecule has 0 spiro atoms. The van der Waals surface area contributed by atoms with Gasteiger partial charge in [-0.15, -0.1) is 0 Å². The maximum atomic E-state index is 14.3. The minimum Gasteiger partial charge on any atom is -0.488 e. The summed E-state index contributed by atoms with van der Waals surface area (Å²) >= 11 is 0. The van der Waals surface area contributed by atoms with E-state index >= 15 is 0 Å². The minimum absolute atomic E-state index is 0.000418. The van der Waals surface area contributed by atoms with E-state index in [0.717, 1.165) is 37.1 Å². The molecular formula is C32H27F5N2O4. The van der Waals surface area contributed by atoms with Crippen LogP contribution >= 0.6 is 0 Å². The van der Waals surface area contributed by atoms with Crippen molar-refractivity contribution < 1.29 is 41.4 Å². The third-order valence-corrected chi connectivity index (χ3v) is 7.35. The summed E-state index contributed by atoms with van der Waals surface area (Å²) in [6.45, 7) is 1.86. The van der Waals surface area contributed by atoms with Crippen molar-refractivity contribution in [1.82, 2.24) is 4.57 Å². The van der Waals surface area contributed by atoms with Crippen molar-refractivity contribution in [3.05, 3.63) is 101 Å². The first kappa shape index (κ1) is 29.8. The molecule has 1 aromatic heterocycles. The zero-order valence-electron chi connectivity index (χ0n) is 23.0. The van der Waals surface area contributed by atoms with Gasteiger partial charge in [0.15, 0.2) is 0 Å². The zero-order chi connectivity index (χ0) is 30.9. The number of anilines is 1. The number of halogens is 5. The summed E-state index contributed by atoms with van der Waals surface area (Å²) in [5.41, 5.74) is 0.590. The van der Waals surface area contributed by atoms with Gasteiger partial charge >= 0.3 is 12.1 Å². The molecule has 1 fully saturated rings. The molecule has 1 saturated heterocycles. The van der Waals surface area contributed by atoms with Gasteiger partial charge in [0.1, 0.15) is 24.0 Å². The van der Waals surface area contributed by atoms with E-state index < -0.39 is 29.3 Å². The first-order valence-electron chi connectivity index (χ1n) is 13.6. The first-order valence-corrected chi connectivity index (χ1v) is 13.6. The van der Waals surface area contributed by atoms with Gasteiger partial charge in [-0.25, -0.2) is 13.6 Å². The monoisotopic (exact) mass is 598 g/mol. The summed E-state index contributed by atoms with van der Waals surface area (Å²) < 4.78 is 76.7. The van der Waals surface area contributed by atoms with Crippen molar-refractivity contribution in [3.8, 4) is 22.7 Å². The number of rotatable bonds is 8. The quantitative estimate of drug-likeness (QED) is 0.210. The predicted octanol–water partition coefficient (Wildman–Crippen LogP) is 7.80. The van der Waals surface area contributed by atoms with E-state index in [1.54, 1.807) is 22.8 Å². The average Bonchev–Trinajstić information content (AvgIpc) is 3.40. The molecule has 0 atom stereocenters. The number of carbonyl (C=O) groups excluding carboxylic acids is 1. The van der Waals surface area contributed by atoms with Gasteiger partial charge < -0.3 is 19.3 Å². The molecule has 0 unspecified atom stereocenters. The molecule has 6 nitrogen and oxygen atoms in total. The normalized spacial score (nSPS) is 13.8. The molecule has 43 heavy (non-hydrogen) atoms. The summed E-state index contributed by atoms with van der Waals surface area (Å²) in [5, 5.41) is 9.88. The van der Waals surface area contributed by atoms with Crippen LogP contribution in [0.3, 0.4) is 0 Å². The highest BCUT2D eigenvalue weighted by Crippen LogP contribution is 2.40. The summed E-state index contributed by atoms with van der Waals surface area (Å²) in [5.74, 6) is -3.03. The number of amides is 1. The molecule has 3 aromatic carbocycles. The van der Waals surface area contributed by atoms with E-state index in [0.29, 0.717) is 42.5 Å². The van der Waals surface area contributed by atoms with Crippen LogP contribution in [0.4, 0.5) is 27.6 Å². The molecule has 1 amide bonds.